The van der Waals surface area contributed by atoms with Gasteiger partial charge in [0.05, 0.1) is 18.8 Å². The SMILES string of the molecule is CC(C)OCC(O)CN1CCc2ccc(Br)cc21. The number of β-amino-alcohol motifs (C(OH)–C–C–N with tert-alkyl or cyclic N) is 1. The molecule has 0 spiro atoms. The summed E-state index contributed by atoms with van der Waals surface area (Å²) in [5.41, 5.74) is 2.59. The highest BCUT2D eigenvalue weighted by Gasteiger charge is 2.21. The molecule has 0 aromatic heterocycles. The van der Waals surface area contributed by atoms with Gasteiger partial charge in [0, 0.05) is 23.2 Å². The molecule has 1 aromatic rings. The van der Waals surface area contributed by atoms with Crippen molar-refractivity contribution in [2.75, 3.05) is 24.6 Å². The second-order valence-corrected chi connectivity index (χ2v) is 5.92. The summed E-state index contributed by atoms with van der Waals surface area (Å²) in [6.07, 6.45) is 0.789. The van der Waals surface area contributed by atoms with E-state index < -0.39 is 6.10 Å². The molecule has 0 radical (unpaired) electrons. The van der Waals surface area contributed by atoms with Crippen LogP contribution in [0.4, 0.5) is 5.69 Å². The fourth-order valence-corrected chi connectivity index (χ4v) is 2.57. The third-order valence-electron chi connectivity index (χ3n) is 3.09. The van der Waals surface area contributed by atoms with Gasteiger partial charge < -0.3 is 14.7 Å². The van der Waals surface area contributed by atoms with E-state index in [1.807, 2.05) is 13.8 Å². The smallest absolute Gasteiger partial charge is 0.0948 e. The number of rotatable bonds is 5. The topological polar surface area (TPSA) is 32.7 Å². The Labute approximate surface area is 117 Å². The van der Waals surface area contributed by atoms with Crippen molar-refractivity contribution in [2.45, 2.75) is 32.5 Å². The highest BCUT2D eigenvalue weighted by Crippen LogP contribution is 2.30. The number of nitrogens with zero attached hydrogens (tertiary/aromatic N) is 1. The normalized spacial score (nSPS) is 16.2. The maximum absolute atomic E-state index is 9.97. The molecular weight excluding hydrogens is 294 g/mol. The van der Waals surface area contributed by atoms with Crippen LogP contribution in [0.1, 0.15) is 19.4 Å². The van der Waals surface area contributed by atoms with Crippen LogP contribution >= 0.6 is 15.9 Å². The minimum atomic E-state index is -0.433. The van der Waals surface area contributed by atoms with Gasteiger partial charge in [-0.15, -0.1) is 0 Å². The van der Waals surface area contributed by atoms with Crippen LogP contribution in [-0.2, 0) is 11.2 Å². The summed E-state index contributed by atoms with van der Waals surface area (Å²) in [6.45, 7) is 5.97. The van der Waals surface area contributed by atoms with E-state index in [1.54, 1.807) is 0 Å². The molecule has 100 valence electrons. The first-order valence-electron chi connectivity index (χ1n) is 6.39. The number of hydrogen-bond donors (Lipinski definition) is 1. The number of benzene rings is 1. The minimum Gasteiger partial charge on any atom is -0.389 e. The first-order chi connectivity index (χ1) is 8.56. The van der Waals surface area contributed by atoms with Gasteiger partial charge in [-0.25, -0.2) is 0 Å². The Hall–Kier alpha value is -0.580. The van der Waals surface area contributed by atoms with E-state index in [0.29, 0.717) is 13.2 Å². The number of hydrogen-bond acceptors (Lipinski definition) is 3. The van der Waals surface area contributed by atoms with E-state index >= 15 is 0 Å². The molecule has 1 aromatic carbocycles. The predicted molar refractivity (Wildman–Crippen MR) is 77.2 cm³/mol. The number of halogens is 1. The van der Waals surface area contributed by atoms with Gasteiger partial charge >= 0.3 is 0 Å². The van der Waals surface area contributed by atoms with Crippen LogP contribution in [0.3, 0.4) is 0 Å². The first kappa shape index (κ1) is 13.8. The Morgan fingerprint density at radius 2 is 2.22 bits per heavy atom. The zero-order valence-electron chi connectivity index (χ0n) is 10.9. The molecule has 0 saturated carbocycles. The quantitative estimate of drug-likeness (QED) is 0.907. The van der Waals surface area contributed by atoms with Crippen LogP contribution in [0.25, 0.3) is 0 Å². The molecule has 1 N–H and O–H groups in total. The third-order valence-corrected chi connectivity index (χ3v) is 3.59. The van der Waals surface area contributed by atoms with Gasteiger partial charge in [0.25, 0.3) is 0 Å². The molecule has 1 unspecified atom stereocenters. The summed E-state index contributed by atoms with van der Waals surface area (Å²) in [4.78, 5) is 2.23. The highest BCUT2D eigenvalue weighted by atomic mass is 79.9. The second kappa shape index (κ2) is 6.04. The van der Waals surface area contributed by atoms with Crippen LogP contribution in [0.15, 0.2) is 22.7 Å². The number of aliphatic hydroxyl groups is 1. The molecule has 1 aliphatic heterocycles. The van der Waals surface area contributed by atoms with Gasteiger partial charge in [0.2, 0.25) is 0 Å². The van der Waals surface area contributed by atoms with Crippen molar-refractivity contribution in [1.82, 2.24) is 0 Å². The maximum atomic E-state index is 9.97. The van der Waals surface area contributed by atoms with E-state index in [9.17, 15) is 5.11 Å². The van der Waals surface area contributed by atoms with Crippen molar-refractivity contribution in [3.05, 3.63) is 28.2 Å². The first-order valence-corrected chi connectivity index (χ1v) is 7.18. The largest absolute Gasteiger partial charge is 0.389 e. The molecule has 1 heterocycles. The molecule has 0 aliphatic carbocycles. The molecule has 1 aliphatic rings. The molecule has 0 amide bonds. The fourth-order valence-electron chi connectivity index (χ4n) is 2.22. The summed E-state index contributed by atoms with van der Waals surface area (Å²) < 4.78 is 6.52. The molecule has 0 fully saturated rings. The summed E-state index contributed by atoms with van der Waals surface area (Å²) in [5, 5.41) is 9.97. The third kappa shape index (κ3) is 3.46. The lowest BCUT2D eigenvalue weighted by atomic mass is 10.2. The van der Waals surface area contributed by atoms with Crippen molar-refractivity contribution in [3.63, 3.8) is 0 Å². The Morgan fingerprint density at radius 1 is 1.44 bits per heavy atom. The zero-order valence-corrected chi connectivity index (χ0v) is 12.5. The van der Waals surface area contributed by atoms with Gasteiger partial charge in [-0.2, -0.15) is 0 Å². The molecule has 18 heavy (non-hydrogen) atoms. The van der Waals surface area contributed by atoms with E-state index in [-0.39, 0.29) is 6.10 Å². The summed E-state index contributed by atoms with van der Waals surface area (Å²) in [5.74, 6) is 0. The molecule has 0 bridgehead atoms. The molecule has 3 nitrogen and oxygen atoms in total. The van der Waals surface area contributed by atoms with Gasteiger partial charge in [0.15, 0.2) is 0 Å². The van der Waals surface area contributed by atoms with Crippen LogP contribution in [0.5, 0.6) is 0 Å². The molecule has 2 rings (SSSR count). The minimum absolute atomic E-state index is 0.166. The Bertz CT molecular complexity index is 409. The Morgan fingerprint density at radius 3 is 2.94 bits per heavy atom. The van der Waals surface area contributed by atoms with E-state index in [0.717, 1.165) is 17.4 Å². The van der Waals surface area contributed by atoms with E-state index in [2.05, 4.69) is 39.0 Å². The van der Waals surface area contributed by atoms with Crippen molar-refractivity contribution in [3.8, 4) is 0 Å². The molecular formula is C14H20BrNO2. The zero-order chi connectivity index (χ0) is 13.1. The van der Waals surface area contributed by atoms with Crippen LogP contribution < -0.4 is 4.90 Å². The van der Waals surface area contributed by atoms with Crippen LogP contribution in [0.2, 0.25) is 0 Å². The highest BCUT2D eigenvalue weighted by molar-refractivity contribution is 9.10. The molecule has 1 atom stereocenters. The summed E-state index contributed by atoms with van der Waals surface area (Å²) in [6, 6.07) is 6.34. The summed E-state index contributed by atoms with van der Waals surface area (Å²) in [7, 11) is 0. The Kier molecular flexibility index (Phi) is 4.65. The number of aliphatic hydroxyl groups excluding tert-OH is 1. The average Bonchev–Trinajstić information content (AvgIpc) is 2.69. The second-order valence-electron chi connectivity index (χ2n) is 5.00. The Balaban J connectivity index is 1.94. The standard InChI is InChI=1S/C14H20BrNO2/c1-10(2)18-9-13(17)8-16-6-5-11-3-4-12(15)7-14(11)16/h3-4,7,10,13,17H,5-6,8-9H2,1-2H3. The van der Waals surface area contributed by atoms with Gasteiger partial charge in [-0.1, -0.05) is 22.0 Å². The van der Waals surface area contributed by atoms with Crippen LogP contribution in [-0.4, -0.2) is 37.0 Å². The number of fused-ring (bicyclic) bond motifs is 1. The van der Waals surface area contributed by atoms with Crippen molar-refractivity contribution < 1.29 is 9.84 Å². The monoisotopic (exact) mass is 313 g/mol. The molecule has 0 saturated heterocycles. The maximum Gasteiger partial charge on any atom is 0.0948 e. The van der Waals surface area contributed by atoms with E-state index in [1.165, 1.54) is 11.3 Å². The van der Waals surface area contributed by atoms with Crippen molar-refractivity contribution in [2.24, 2.45) is 0 Å². The lowest BCUT2D eigenvalue weighted by molar-refractivity contribution is 0.00904. The van der Waals surface area contributed by atoms with Crippen molar-refractivity contribution >= 4 is 21.6 Å². The average molecular weight is 314 g/mol. The van der Waals surface area contributed by atoms with Gasteiger partial charge in [0.1, 0.15) is 0 Å². The summed E-state index contributed by atoms with van der Waals surface area (Å²) >= 11 is 3.49. The lowest BCUT2D eigenvalue weighted by Crippen LogP contribution is -2.34. The predicted octanol–water partition coefficient (Wildman–Crippen LogP) is 2.60. The van der Waals surface area contributed by atoms with Crippen LogP contribution in [0, 0.1) is 0 Å². The van der Waals surface area contributed by atoms with E-state index in [4.69, 9.17) is 4.74 Å². The molecule has 4 heteroatoms. The van der Waals surface area contributed by atoms with Gasteiger partial charge in [-0.3, -0.25) is 0 Å². The van der Waals surface area contributed by atoms with Crippen molar-refractivity contribution in [1.29, 1.82) is 0 Å². The fraction of sp³-hybridized carbons (Fsp3) is 0.571. The van der Waals surface area contributed by atoms with Gasteiger partial charge in [-0.05, 0) is 38.0 Å². The number of ether oxygens (including phenoxy) is 1. The number of anilines is 1. The lowest BCUT2D eigenvalue weighted by Gasteiger charge is -2.23.